The second-order valence-corrected chi connectivity index (χ2v) is 4.01. The number of hydrogen-bond donors (Lipinski definition) is 1. The summed E-state index contributed by atoms with van der Waals surface area (Å²) in [6.07, 6.45) is 1.74. The van der Waals surface area contributed by atoms with E-state index in [0.717, 1.165) is 5.56 Å². The molecule has 1 N–H and O–H groups in total. The van der Waals surface area contributed by atoms with Crippen LogP contribution >= 0.6 is 0 Å². The minimum Gasteiger partial charge on any atom is -0.310 e. The number of nitrogens with one attached hydrogen (secondary N) is 1. The molecule has 3 nitrogen and oxygen atoms in total. The maximum atomic E-state index is 13.1. The Morgan fingerprint density at radius 2 is 2.17 bits per heavy atom. The van der Waals surface area contributed by atoms with Gasteiger partial charge >= 0.3 is 0 Å². The van der Waals surface area contributed by atoms with Crippen molar-refractivity contribution in [2.45, 2.75) is 13.3 Å². The Hall–Kier alpha value is -2.23. The van der Waals surface area contributed by atoms with Crippen molar-refractivity contribution in [3.05, 3.63) is 59.5 Å². The predicted molar refractivity (Wildman–Crippen MR) is 67.7 cm³/mol. The van der Waals surface area contributed by atoms with E-state index in [1.807, 2.05) is 6.92 Å². The van der Waals surface area contributed by atoms with Gasteiger partial charge in [-0.2, -0.15) is 0 Å². The molecule has 0 bridgehead atoms. The fourth-order valence-corrected chi connectivity index (χ4v) is 1.63. The van der Waals surface area contributed by atoms with E-state index in [0.29, 0.717) is 11.4 Å². The summed E-state index contributed by atoms with van der Waals surface area (Å²) in [7, 11) is 0. The Labute approximate surface area is 105 Å². The maximum Gasteiger partial charge on any atom is 0.229 e. The summed E-state index contributed by atoms with van der Waals surface area (Å²) in [5, 5.41) is 2.66. The number of carbonyl (C=O) groups excluding carboxylic acids is 1. The molecule has 0 unspecified atom stereocenters. The molecule has 0 radical (unpaired) electrons. The third-order valence-corrected chi connectivity index (χ3v) is 2.59. The van der Waals surface area contributed by atoms with Gasteiger partial charge in [-0.15, -0.1) is 0 Å². The molecule has 1 amide bonds. The number of carbonyl (C=O) groups is 1. The molecule has 18 heavy (non-hydrogen) atoms. The molecule has 0 saturated carbocycles. The lowest BCUT2D eigenvalue weighted by molar-refractivity contribution is -0.115. The average Bonchev–Trinajstić information content (AvgIpc) is 2.35. The van der Waals surface area contributed by atoms with Gasteiger partial charge in [-0.05, 0) is 42.3 Å². The molecule has 0 atom stereocenters. The number of rotatable bonds is 3. The molecule has 0 aliphatic heterocycles. The van der Waals surface area contributed by atoms with Crippen molar-refractivity contribution < 1.29 is 9.18 Å². The van der Waals surface area contributed by atoms with Crippen LogP contribution in [0.2, 0.25) is 0 Å². The molecule has 1 aromatic heterocycles. The van der Waals surface area contributed by atoms with Gasteiger partial charge in [0.1, 0.15) is 11.6 Å². The maximum absolute atomic E-state index is 13.1. The van der Waals surface area contributed by atoms with Crippen molar-refractivity contribution in [2.75, 3.05) is 5.32 Å². The van der Waals surface area contributed by atoms with Crippen molar-refractivity contribution in [2.24, 2.45) is 0 Å². The van der Waals surface area contributed by atoms with Crippen LogP contribution in [-0.2, 0) is 11.2 Å². The first-order chi connectivity index (χ1) is 8.65. The number of benzene rings is 1. The van der Waals surface area contributed by atoms with Crippen LogP contribution in [0.1, 0.15) is 11.1 Å². The van der Waals surface area contributed by atoms with E-state index < -0.39 is 0 Å². The lowest BCUT2D eigenvalue weighted by Gasteiger charge is -2.06. The summed E-state index contributed by atoms with van der Waals surface area (Å²) in [5.41, 5.74) is 1.58. The highest BCUT2D eigenvalue weighted by atomic mass is 19.1. The number of aromatic nitrogens is 1. The van der Waals surface area contributed by atoms with Crippen molar-refractivity contribution in [1.82, 2.24) is 4.98 Å². The fourth-order valence-electron chi connectivity index (χ4n) is 1.63. The first-order valence-electron chi connectivity index (χ1n) is 5.61. The van der Waals surface area contributed by atoms with Crippen LogP contribution in [-0.4, -0.2) is 10.9 Å². The molecule has 0 spiro atoms. The van der Waals surface area contributed by atoms with E-state index >= 15 is 0 Å². The van der Waals surface area contributed by atoms with Crippen molar-refractivity contribution in [3.63, 3.8) is 0 Å². The van der Waals surface area contributed by atoms with E-state index in [-0.39, 0.29) is 18.1 Å². The minimum atomic E-state index is -0.332. The summed E-state index contributed by atoms with van der Waals surface area (Å²) in [4.78, 5) is 15.8. The Balaban J connectivity index is 2.05. The number of amides is 1. The van der Waals surface area contributed by atoms with Crippen LogP contribution in [0, 0.1) is 12.7 Å². The number of nitrogens with zero attached hydrogens (tertiary/aromatic N) is 1. The number of halogens is 1. The molecular weight excluding hydrogens is 231 g/mol. The van der Waals surface area contributed by atoms with Crippen LogP contribution in [0.3, 0.4) is 0 Å². The minimum absolute atomic E-state index is 0.139. The summed E-state index contributed by atoms with van der Waals surface area (Å²) < 4.78 is 13.1. The second-order valence-electron chi connectivity index (χ2n) is 4.01. The van der Waals surface area contributed by atoms with E-state index in [1.54, 1.807) is 30.5 Å². The molecule has 2 aromatic rings. The number of hydrogen-bond acceptors (Lipinski definition) is 2. The number of pyridine rings is 1. The van der Waals surface area contributed by atoms with E-state index in [4.69, 9.17) is 0 Å². The SMILES string of the molecule is Cc1ccc(F)cc1CC(=O)Nc1ccccn1. The third kappa shape index (κ3) is 3.13. The fraction of sp³-hybridized carbons (Fsp3) is 0.143. The molecule has 1 heterocycles. The summed E-state index contributed by atoms with van der Waals surface area (Å²) in [5.74, 6) is -0.0415. The van der Waals surface area contributed by atoms with Crippen molar-refractivity contribution >= 4 is 11.7 Å². The van der Waals surface area contributed by atoms with Crippen LogP contribution in [0.25, 0.3) is 0 Å². The Bertz CT molecular complexity index is 555. The Morgan fingerprint density at radius 1 is 1.33 bits per heavy atom. The molecule has 1 aromatic carbocycles. The standard InChI is InChI=1S/C14H13FN2O/c1-10-5-6-12(15)8-11(10)9-14(18)17-13-4-2-3-7-16-13/h2-8H,9H2,1H3,(H,16,17,18). The summed E-state index contributed by atoms with van der Waals surface area (Å²) in [6.45, 7) is 1.85. The summed E-state index contributed by atoms with van der Waals surface area (Å²) >= 11 is 0. The van der Waals surface area contributed by atoms with Crippen LogP contribution in [0.5, 0.6) is 0 Å². The molecule has 4 heteroatoms. The molecular formula is C14H13FN2O. The number of anilines is 1. The molecule has 2 rings (SSSR count). The molecule has 0 aliphatic rings. The average molecular weight is 244 g/mol. The lowest BCUT2D eigenvalue weighted by atomic mass is 10.1. The molecule has 92 valence electrons. The first kappa shape index (κ1) is 12.2. The molecule has 0 saturated heterocycles. The highest BCUT2D eigenvalue weighted by Gasteiger charge is 2.07. The van der Waals surface area contributed by atoms with Crippen LogP contribution in [0.15, 0.2) is 42.6 Å². The topological polar surface area (TPSA) is 42.0 Å². The van der Waals surface area contributed by atoms with Gasteiger partial charge in [0.25, 0.3) is 0 Å². The predicted octanol–water partition coefficient (Wildman–Crippen LogP) is 2.71. The van der Waals surface area contributed by atoms with E-state index in [2.05, 4.69) is 10.3 Å². The quantitative estimate of drug-likeness (QED) is 0.902. The van der Waals surface area contributed by atoms with E-state index in [9.17, 15) is 9.18 Å². The first-order valence-corrected chi connectivity index (χ1v) is 5.61. The zero-order valence-corrected chi connectivity index (χ0v) is 9.98. The van der Waals surface area contributed by atoms with Gasteiger partial charge in [0.15, 0.2) is 0 Å². The molecule has 0 fully saturated rings. The van der Waals surface area contributed by atoms with Crippen molar-refractivity contribution in [1.29, 1.82) is 0 Å². The van der Waals surface area contributed by atoms with Gasteiger partial charge in [-0.25, -0.2) is 9.37 Å². The third-order valence-electron chi connectivity index (χ3n) is 2.59. The van der Waals surface area contributed by atoms with Crippen molar-refractivity contribution in [3.8, 4) is 0 Å². The molecule has 0 aliphatic carbocycles. The Morgan fingerprint density at radius 3 is 2.89 bits per heavy atom. The van der Waals surface area contributed by atoms with Crippen LogP contribution in [0.4, 0.5) is 10.2 Å². The van der Waals surface area contributed by atoms with Gasteiger partial charge < -0.3 is 5.32 Å². The zero-order valence-electron chi connectivity index (χ0n) is 9.98. The normalized spacial score (nSPS) is 10.1. The lowest BCUT2D eigenvalue weighted by Crippen LogP contribution is -2.15. The smallest absolute Gasteiger partial charge is 0.229 e. The Kier molecular flexibility index (Phi) is 3.67. The largest absolute Gasteiger partial charge is 0.310 e. The van der Waals surface area contributed by atoms with Gasteiger partial charge in [0.05, 0.1) is 6.42 Å². The highest BCUT2D eigenvalue weighted by molar-refractivity contribution is 5.91. The van der Waals surface area contributed by atoms with E-state index in [1.165, 1.54) is 12.1 Å². The number of aryl methyl sites for hydroxylation is 1. The second kappa shape index (κ2) is 5.40. The van der Waals surface area contributed by atoms with Gasteiger partial charge in [-0.3, -0.25) is 4.79 Å². The monoisotopic (exact) mass is 244 g/mol. The van der Waals surface area contributed by atoms with Gasteiger partial charge in [0, 0.05) is 6.20 Å². The summed E-state index contributed by atoms with van der Waals surface area (Å²) in [6, 6.07) is 9.69. The van der Waals surface area contributed by atoms with Crippen LogP contribution < -0.4 is 5.32 Å². The van der Waals surface area contributed by atoms with Gasteiger partial charge in [0.2, 0.25) is 5.91 Å². The zero-order chi connectivity index (χ0) is 13.0. The van der Waals surface area contributed by atoms with Gasteiger partial charge in [-0.1, -0.05) is 12.1 Å². The highest BCUT2D eigenvalue weighted by Crippen LogP contribution is 2.11.